The first kappa shape index (κ1) is 50.9. The number of fused-ring (bicyclic) bond motifs is 5. The maximum Gasteiger partial charge on any atom is 0.408 e. The summed E-state index contributed by atoms with van der Waals surface area (Å²) >= 11 is 0. The van der Waals surface area contributed by atoms with Gasteiger partial charge in [-0.05, 0) is 75.4 Å². The van der Waals surface area contributed by atoms with Crippen molar-refractivity contribution in [3.8, 4) is 0 Å². The molecule has 3 fully saturated rings. The predicted octanol–water partition coefficient (Wildman–Crippen LogP) is 4.38. The lowest BCUT2D eigenvalue weighted by Gasteiger charge is -2.67. The molecule has 3 aromatic rings. The number of amides is 1. The molecule has 69 heavy (non-hydrogen) atoms. The van der Waals surface area contributed by atoms with Gasteiger partial charge in [0.15, 0.2) is 17.5 Å². The van der Waals surface area contributed by atoms with Crippen LogP contribution in [0.1, 0.15) is 95.8 Å². The summed E-state index contributed by atoms with van der Waals surface area (Å²) in [5.74, 6) is -6.54. The molecule has 3 aliphatic carbocycles. The predicted molar refractivity (Wildman–Crippen MR) is 246 cm³/mol. The molecule has 0 radical (unpaired) electrons. The number of nitrogens with two attached hydrogens (primary N) is 1. The molecule has 1 aliphatic heterocycles. The monoisotopic (exact) mass is 954 g/mol. The summed E-state index contributed by atoms with van der Waals surface area (Å²) in [4.78, 5) is 85.0. The maximum atomic E-state index is 15.7. The van der Waals surface area contributed by atoms with Crippen LogP contribution in [0.25, 0.3) is 0 Å². The van der Waals surface area contributed by atoms with Crippen molar-refractivity contribution in [3.63, 3.8) is 0 Å². The van der Waals surface area contributed by atoms with Crippen LogP contribution in [-0.4, -0.2) is 117 Å². The summed E-state index contributed by atoms with van der Waals surface area (Å²) in [6.45, 7) is 11.7. The number of hydrogen-bond donors (Lipinski definition) is 5. The Hall–Kier alpha value is -5.98. The molecule has 1 heterocycles. The van der Waals surface area contributed by atoms with Crippen LogP contribution in [0.2, 0.25) is 0 Å². The van der Waals surface area contributed by atoms with Crippen molar-refractivity contribution < 1.29 is 72.5 Å². The van der Waals surface area contributed by atoms with Crippen LogP contribution in [0.5, 0.6) is 0 Å². The Bertz CT molecular complexity index is 2470. The molecule has 17 heteroatoms. The summed E-state index contributed by atoms with van der Waals surface area (Å²) in [6.07, 6.45) is -11.9. The molecule has 12 atom stereocenters. The van der Waals surface area contributed by atoms with Gasteiger partial charge in [-0.15, -0.1) is 0 Å². The van der Waals surface area contributed by atoms with Crippen molar-refractivity contribution in [2.45, 2.75) is 140 Å². The van der Waals surface area contributed by atoms with Gasteiger partial charge in [0.25, 0.3) is 0 Å². The first-order valence-electron chi connectivity index (χ1n) is 23.0. The second-order valence-corrected chi connectivity index (χ2v) is 20.3. The first-order chi connectivity index (χ1) is 32.4. The highest BCUT2D eigenvalue weighted by Crippen LogP contribution is 2.64. The topological polar surface area (TPSA) is 257 Å². The van der Waals surface area contributed by atoms with Gasteiger partial charge in [-0.1, -0.05) is 92.7 Å². The van der Waals surface area contributed by atoms with Crippen LogP contribution < -0.4 is 11.1 Å². The number of aliphatic hydroxyl groups excluding tert-OH is 2. The summed E-state index contributed by atoms with van der Waals surface area (Å²) < 4.78 is 36.4. The second-order valence-electron chi connectivity index (χ2n) is 20.3. The molecule has 6 N–H and O–H groups in total. The average Bonchev–Trinajstić information content (AvgIpc) is 3.28. The van der Waals surface area contributed by atoms with Crippen molar-refractivity contribution in [1.82, 2.24) is 5.32 Å². The van der Waals surface area contributed by atoms with E-state index in [2.05, 4.69) is 5.32 Å². The van der Waals surface area contributed by atoms with Gasteiger partial charge < -0.3 is 54.8 Å². The second kappa shape index (κ2) is 19.1. The van der Waals surface area contributed by atoms with Crippen molar-refractivity contribution in [2.75, 3.05) is 6.61 Å². The molecule has 370 valence electrons. The summed E-state index contributed by atoms with van der Waals surface area (Å²) in [7, 11) is 0. The number of benzene rings is 3. The Balaban J connectivity index is 1.37. The zero-order chi connectivity index (χ0) is 50.4. The van der Waals surface area contributed by atoms with Gasteiger partial charge in [0.05, 0.1) is 29.5 Å². The van der Waals surface area contributed by atoms with Crippen LogP contribution in [-0.2, 0) is 54.0 Å². The minimum atomic E-state index is -2.45. The van der Waals surface area contributed by atoms with Gasteiger partial charge in [-0.2, -0.15) is 0 Å². The SMILES string of the molecule is CC(=O)O[C@@]12CO[C@@H]1C[C@H](OC(=O)C(N)Cc1ccccc1)[C@@]1(C)C(=O)[C@H](O)C3=C(C)[C@@H](OC(=O)[C@H](O)[C@@H](NC(=O)OC(C)(C)C)c4ccccc4)C[C@](O)([C@@H](OC(=O)c4ccccc4)[C@H]21)C3(C)C. The van der Waals surface area contributed by atoms with E-state index in [1.165, 1.54) is 39.8 Å². The largest absolute Gasteiger partial charge is 0.460 e. The lowest BCUT2D eigenvalue weighted by Crippen LogP contribution is -2.82. The smallest absolute Gasteiger partial charge is 0.408 e. The van der Waals surface area contributed by atoms with E-state index < -0.39 is 124 Å². The molecule has 1 amide bonds. The summed E-state index contributed by atoms with van der Waals surface area (Å²) in [5, 5.41) is 40.8. The number of nitrogens with one attached hydrogen (secondary N) is 1. The standard InChI is InChI=1S/C52H62N2O15/c1-28-34(65-46(61)40(57)38(31-20-14-10-15-21-31)54-47(62)69-48(3,4)5)26-52(63)43(67-44(59)32-22-16-11-17-23-32)41-50(8,42(58)39(56)37(28)49(52,6)7)35(25-36-51(41,27-64-36)68-29(2)55)66-45(60)33(53)24-30-18-12-9-13-19-30/h9-23,33-36,38-41,43,56-57,63H,24-27,53H2,1-8H3,(H,54,62)/t33?,34-,35-,36+,38-,39+,40+,41-,43-,50+,51-,52-/m0/s1. The van der Waals surface area contributed by atoms with Crippen molar-refractivity contribution in [2.24, 2.45) is 22.5 Å². The molecule has 0 aromatic heterocycles. The highest BCUT2D eigenvalue weighted by atomic mass is 16.6. The number of hydrogen-bond acceptors (Lipinski definition) is 16. The minimum absolute atomic E-state index is 0.0425. The van der Waals surface area contributed by atoms with Gasteiger partial charge in [0.1, 0.15) is 47.8 Å². The molecule has 2 saturated carbocycles. The van der Waals surface area contributed by atoms with Crippen molar-refractivity contribution in [1.29, 1.82) is 0 Å². The number of Topliss-reactive ketones (excluding diaryl/α,β-unsaturated/α-hetero) is 1. The fraction of sp³-hybridized carbons (Fsp3) is 0.500. The molecule has 2 bridgehead atoms. The molecule has 1 unspecified atom stereocenters. The normalized spacial score (nSPS) is 30.5. The Morgan fingerprint density at radius 3 is 2.04 bits per heavy atom. The Labute approximate surface area is 400 Å². The molecule has 7 rings (SSSR count). The highest BCUT2D eigenvalue weighted by Gasteiger charge is 2.78. The lowest BCUT2D eigenvalue weighted by atomic mass is 9.44. The number of carbonyl (C=O) groups is 6. The van der Waals surface area contributed by atoms with E-state index in [1.54, 1.807) is 93.6 Å². The highest BCUT2D eigenvalue weighted by molar-refractivity contribution is 5.94. The van der Waals surface area contributed by atoms with Crippen LogP contribution in [0.3, 0.4) is 0 Å². The number of esters is 4. The quantitative estimate of drug-likeness (QED) is 0.0959. The number of ether oxygens (including phenoxy) is 6. The molecular weight excluding hydrogens is 893 g/mol. The van der Waals surface area contributed by atoms with E-state index >= 15 is 4.79 Å². The lowest BCUT2D eigenvalue weighted by molar-refractivity contribution is -0.346. The summed E-state index contributed by atoms with van der Waals surface area (Å²) in [6, 6.07) is 22.2. The molecular formula is C52H62N2O15. The Morgan fingerprint density at radius 1 is 0.884 bits per heavy atom. The van der Waals surface area contributed by atoms with Crippen LogP contribution in [0.4, 0.5) is 4.79 Å². The first-order valence-corrected chi connectivity index (χ1v) is 23.0. The Morgan fingerprint density at radius 2 is 1.48 bits per heavy atom. The van der Waals surface area contributed by atoms with Gasteiger partial charge in [0.2, 0.25) is 0 Å². The molecule has 1 saturated heterocycles. The molecule has 0 spiro atoms. The van der Waals surface area contributed by atoms with E-state index in [0.29, 0.717) is 5.56 Å². The van der Waals surface area contributed by atoms with Crippen molar-refractivity contribution >= 4 is 35.8 Å². The van der Waals surface area contributed by atoms with Gasteiger partial charge in [-0.3, -0.25) is 14.4 Å². The van der Waals surface area contributed by atoms with Crippen LogP contribution in [0.15, 0.2) is 102 Å². The van der Waals surface area contributed by atoms with E-state index in [4.69, 9.17) is 34.2 Å². The number of aliphatic hydroxyl groups is 3. The number of rotatable bonds is 12. The van der Waals surface area contributed by atoms with E-state index in [0.717, 1.165) is 12.5 Å². The third-order valence-corrected chi connectivity index (χ3v) is 14.4. The van der Waals surface area contributed by atoms with Gasteiger partial charge in [0, 0.05) is 25.2 Å². The molecule has 3 aromatic carbocycles. The Kier molecular flexibility index (Phi) is 14.1. The van der Waals surface area contributed by atoms with Gasteiger partial charge >= 0.3 is 30.0 Å². The summed E-state index contributed by atoms with van der Waals surface area (Å²) in [5.41, 5.74) is -1.57. The zero-order valence-electron chi connectivity index (χ0n) is 40.0. The van der Waals surface area contributed by atoms with Crippen molar-refractivity contribution in [3.05, 3.63) is 119 Å². The average molecular weight is 955 g/mol. The number of alkyl carbamates (subject to hydrolysis) is 1. The number of ketones is 1. The number of carbonyl (C=O) groups excluding carboxylic acids is 6. The third-order valence-electron chi connectivity index (χ3n) is 14.4. The minimum Gasteiger partial charge on any atom is -0.460 e. The van der Waals surface area contributed by atoms with Gasteiger partial charge in [-0.25, -0.2) is 14.4 Å². The van der Waals surface area contributed by atoms with Crippen LogP contribution >= 0.6 is 0 Å². The van der Waals surface area contributed by atoms with E-state index in [9.17, 15) is 39.3 Å². The zero-order valence-corrected chi connectivity index (χ0v) is 40.0. The fourth-order valence-electron chi connectivity index (χ4n) is 10.9. The third kappa shape index (κ3) is 9.42. The van der Waals surface area contributed by atoms with E-state index in [1.807, 2.05) is 6.07 Å². The molecule has 17 nitrogen and oxygen atoms in total. The van der Waals surface area contributed by atoms with E-state index in [-0.39, 0.29) is 36.2 Å². The molecule has 4 aliphatic rings. The fourth-order valence-corrected chi connectivity index (χ4v) is 10.9. The van der Waals surface area contributed by atoms with Crippen LogP contribution in [0, 0.1) is 16.7 Å². The maximum absolute atomic E-state index is 15.7.